The summed E-state index contributed by atoms with van der Waals surface area (Å²) in [5.74, 6) is 0. The normalized spacial score (nSPS) is 30.4. The van der Waals surface area contributed by atoms with E-state index in [1.165, 1.54) is 11.8 Å². The van der Waals surface area contributed by atoms with Crippen molar-refractivity contribution in [2.45, 2.75) is 4.71 Å². The molecular formula is C3H5ClN2S. The van der Waals surface area contributed by atoms with Gasteiger partial charge in [0.25, 0.3) is 0 Å². The third kappa shape index (κ3) is 1.24. The minimum absolute atomic E-state index is 0.0833. The van der Waals surface area contributed by atoms with E-state index in [9.17, 15) is 0 Å². The Morgan fingerprint density at radius 1 is 2.00 bits per heavy atom. The Balaban J connectivity index is 2.42. The molecule has 1 rings (SSSR count). The summed E-state index contributed by atoms with van der Waals surface area (Å²) in [5, 5.41) is 0.611. The van der Waals surface area contributed by atoms with Crippen molar-refractivity contribution in [3.05, 3.63) is 0 Å². The van der Waals surface area contributed by atoms with Crippen LogP contribution in [0.4, 0.5) is 0 Å². The van der Waals surface area contributed by atoms with Crippen LogP contribution in [-0.4, -0.2) is 16.4 Å². The molecule has 0 radical (unpaired) electrons. The highest BCUT2D eigenvalue weighted by atomic mass is 35.5. The number of amidine groups is 1. The van der Waals surface area contributed by atoms with E-state index in [0.717, 1.165) is 0 Å². The minimum atomic E-state index is 0.0833. The van der Waals surface area contributed by atoms with Crippen LogP contribution in [0, 0.1) is 0 Å². The largest absolute Gasteiger partial charge is 0.378 e. The van der Waals surface area contributed by atoms with Gasteiger partial charge in [0.05, 0.1) is 6.54 Å². The molecule has 2 N–H and O–H groups in total. The van der Waals surface area contributed by atoms with Gasteiger partial charge < -0.3 is 5.73 Å². The zero-order valence-corrected chi connectivity index (χ0v) is 5.17. The van der Waals surface area contributed by atoms with Crippen LogP contribution in [0.1, 0.15) is 0 Å². The summed E-state index contributed by atoms with van der Waals surface area (Å²) in [5.41, 5.74) is 5.25. The van der Waals surface area contributed by atoms with E-state index >= 15 is 0 Å². The Hall–Kier alpha value is 0.110. The van der Waals surface area contributed by atoms with Gasteiger partial charge in [0.2, 0.25) is 0 Å². The van der Waals surface area contributed by atoms with Crippen molar-refractivity contribution in [2.24, 2.45) is 10.7 Å². The molecule has 0 spiro atoms. The molecule has 1 heterocycles. The van der Waals surface area contributed by atoms with E-state index < -0.39 is 0 Å². The maximum Gasteiger partial charge on any atom is 0.155 e. The third-order valence-corrected chi connectivity index (χ3v) is 1.82. The minimum Gasteiger partial charge on any atom is -0.378 e. The van der Waals surface area contributed by atoms with E-state index in [1.54, 1.807) is 0 Å². The van der Waals surface area contributed by atoms with Crippen molar-refractivity contribution in [1.82, 2.24) is 0 Å². The van der Waals surface area contributed by atoms with Gasteiger partial charge in [-0.25, -0.2) is 0 Å². The lowest BCUT2D eigenvalue weighted by Gasteiger charge is -1.89. The fourth-order valence-electron chi connectivity index (χ4n) is 0.367. The van der Waals surface area contributed by atoms with Crippen molar-refractivity contribution >= 4 is 28.5 Å². The average Bonchev–Trinajstić information content (AvgIpc) is 1.87. The summed E-state index contributed by atoms with van der Waals surface area (Å²) < 4.78 is 0.0833. The second kappa shape index (κ2) is 1.92. The van der Waals surface area contributed by atoms with Gasteiger partial charge in [-0.2, -0.15) is 0 Å². The number of alkyl halides is 1. The first-order valence-electron chi connectivity index (χ1n) is 1.89. The molecule has 40 valence electrons. The summed E-state index contributed by atoms with van der Waals surface area (Å²) in [6, 6.07) is 0. The van der Waals surface area contributed by atoms with E-state index in [0.29, 0.717) is 11.7 Å². The fraction of sp³-hybridized carbons (Fsp3) is 0.667. The second-order valence-corrected chi connectivity index (χ2v) is 3.22. The van der Waals surface area contributed by atoms with E-state index in [-0.39, 0.29) is 4.71 Å². The lowest BCUT2D eigenvalue weighted by molar-refractivity contribution is 1.12. The van der Waals surface area contributed by atoms with Crippen molar-refractivity contribution in [3.8, 4) is 0 Å². The third-order valence-electron chi connectivity index (χ3n) is 0.639. The van der Waals surface area contributed by atoms with E-state index in [2.05, 4.69) is 4.99 Å². The Morgan fingerprint density at radius 3 is 2.86 bits per heavy atom. The van der Waals surface area contributed by atoms with Crippen LogP contribution >= 0.6 is 23.4 Å². The predicted octanol–water partition coefficient (Wildman–Crippen LogP) is 0.613. The molecule has 1 aliphatic rings. The molecule has 0 bridgehead atoms. The fourth-order valence-corrected chi connectivity index (χ4v) is 1.27. The van der Waals surface area contributed by atoms with Crippen LogP contribution < -0.4 is 5.73 Å². The van der Waals surface area contributed by atoms with Crippen LogP contribution in [0.15, 0.2) is 4.99 Å². The maximum atomic E-state index is 5.58. The molecule has 0 fully saturated rings. The second-order valence-electron chi connectivity index (χ2n) is 1.21. The summed E-state index contributed by atoms with van der Waals surface area (Å²) >= 11 is 6.99. The highest BCUT2D eigenvalue weighted by Crippen LogP contribution is 2.20. The number of hydrogen-bond acceptors (Lipinski definition) is 3. The summed E-state index contributed by atoms with van der Waals surface area (Å²) in [4.78, 5) is 3.84. The summed E-state index contributed by atoms with van der Waals surface area (Å²) in [6.45, 7) is 0.665. The first-order chi connectivity index (χ1) is 3.29. The Labute approximate surface area is 51.1 Å². The van der Waals surface area contributed by atoms with Crippen LogP contribution in [-0.2, 0) is 0 Å². The van der Waals surface area contributed by atoms with Crippen LogP contribution in [0.25, 0.3) is 0 Å². The first kappa shape index (κ1) is 5.25. The van der Waals surface area contributed by atoms with Crippen molar-refractivity contribution in [1.29, 1.82) is 0 Å². The smallest absolute Gasteiger partial charge is 0.155 e. The topological polar surface area (TPSA) is 38.4 Å². The van der Waals surface area contributed by atoms with Gasteiger partial charge in [-0.1, -0.05) is 11.8 Å². The zero-order valence-electron chi connectivity index (χ0n) is 3.60. The molecule has 7 heavy (non-hydrogen) atoms. The molecule has 0 aromatic heterocycles. The zero-order chi connectivity index (χ0) is 5.28. The van der Waals surface area contributed by atoms with Gasteiger partial charge in [-0.15, -0.1) is 11.6 Å². The van der Waals surface area contributed by atoms with Gasteiger partial charge >= 0.3 is 0 Å². The number of nitrogens with zero attached hydrogens (tertiary/aromatic N) is 1. The number of hydrogen-bond donors (Lipinski definition) is 1. The number of rotatable bonds is 0. The van der Waals surface area contributed by atoms with Gasteiger partial charge in [-0.05, 0) is 0 Å². The first-order valence-corrected chi connectivity index (χ1v) is 3.21. The summed E-state index contributed by atoms with van der Waals surface area (Å²) in [6.07, 6.45) is 0. The molecule has 0 aromatic rings. The van der Waals surface area contributed by atoms with Crippen molar-refractivity contribution in [2.75, 3.05) is 6.54 Å². The van der Waals surface area contributed by atoms with Gasteiger partial charge in [0, 0.05) is 0 Å². The van der Waals surface area contributed by atoms with Gasteiger partial charge in [0.15, 0.2) is 5.17 Å². The Bertz CT molecular complexity index is 103. The monoisotopic (exact) mass is 136 g/mol. The van der Waals surface area contributed by atoms with Crippen molar-refractivity contribution < 1.29 is 0 Å². The maximum absolute atomic E-state index is 5.58. The molecule has 1 unspecified atom stereocenters. The summed E-state index contributed by atoms with van der Waals surface area (Å²) in [7, 11) is 0. The average molecular weight is 137 g/mol. The predicted molar refractivity (Wildman–Crippen MR) is 33.7 cm³/mol. The van der Waals surface area contributed by atoms with E-state index in [1.807, 2.05) is 0 Å². The molecule has 0 aromatic carbocycles. The molecule has 1 aliphatic heterocycles. The molecule has 0 amide bonds. The van der Waals surface area contributed by atoms with Gasteiger partial charge in [-0.3, -0.25) is 4.99 Å². The highest BCUT2D eigenvalue weighted by Gasteiger charge is 2.12. The molecule has 0 saturated carbocycles. The van der Waals surface area contributed by atoms with Crippen LogP contribution in [0.5, 0.6) is 0 Å². The molecular weight excluding hydrogens is 132 g/mol. The standard InChI is InChI=1S/C3H5ClN2S/c4-2-1-6-3(5)7-2/h2H,1H2,(H2,5,6). The molecule has 0 saturated heterocycles. The molecule has 2 nitrogen and oxygen atoms in total. The number of aliphatic imine (C=N–C) groups is 1. The SMILES string of the molecule is NC1=NCC(Cl)S1. The Morgan fingerprint density at radius 2 is 2.71 bits per heavy atom. The quantitative estimate of drug-likeness (QED) is 0.496. The highest BCUT2D eigenvalue weighted by molar-refractivity contribution is 8.15. The Kier molecular flexibility index (Phi) is 1.44. The lowest BCUT2D eigenvalue weighted by Crippen LogP contribution is -2.02. The molecule has 4 heteroatoms. The van der Waals surface area contributed by atoms with E-state index in [4.69, 9.17) is 17.3 Å². The van der Waals surface area contributed by atoms with Crippen LogP contribution in [0.2, 0.25) is 0 Å². The molecule has 0 aliphatic carbocycles. The van der Waals surface area contributed by atoms with Crippen LogP contribution in [0.3, 0.4) is 0 Å². The lowest BCUT2D eigenvalue weighted by atomic mass is 10.8. The van der Waals surface area contributed by atoms with Crippen molar-refractivity contribution in [3.63, 3.8) is 0 Å². The number of nitrogens with two attached hydrogens (primary N) is 1. The van der Waals surface area contributed by atoms with Gasteiger partial charge in [0.1, 0.15) is 4.71 Å². The number of halogens is 1. The number of thioether (sulfide) groups is 1. The molecule has 1 atom stereocenters.